The van der Waals surface area contributed by atoms with Crippen LogP contribution >= 0.6 is 0 Å². The maximum Gasteiger partial charge on any atom is 0.314 e. The number of esters is 1. The van der Waals surface area contributed by atoms with Crippen LogP contribution < -0.4 is 10.6 Å². The van der Waals surface area contributed by atoms with Gasteiger partial charge < -0.3 is 20.5 Å². The van der Waals surface area contributed by atoms with E-state index in [4.69, 9.17) is 5.11 Å². The van der Waals surface area contributed by atoms with Crippen molar-refractivity contribution in [2.45, 2.75) is 33.6 Å². The summed E-state index contributed by atoms with van der Waals surface area (Å²) in [6, 6.07) is -0.492. The zero-order valence-corrected chi connectivity index (χ0v) is 12.5. The molecule has 0 heterocycles. The van der Waals surface area contributed by atoms with Gasteiger partial charge in [-0.15, -0.1) is 0 Å². The van der Waals surface area contributed by atoms with Gasteiger partial charge in [-0.1, -0.05) is 20.8 Å². The molecule has 0 rings (SSSR count). The number of rotatable bonds is 7. The molecule has 0 aliphatic heterocycles. The van der Waals surface area contributed by atoms with Gasteiger partial charge in [-0.25, -0.2) is 4.79 Å². The van der Waals surface area contributed by atoms with Gasteiger partial charge >= 0.3 is 18.0 Å². The minimum Gasteiger partial charge on any atom is -0.481 e. The molecule has 1 atom stereocenters. The molecular formula is C13H24N2O5. The van der Waals surface area contributed by atoms with Crippen molar-refractivity contribution in [2.75, 3.05) is 20.2 Å². The van der Waals surface area contributed by atoms with Crippen LogP contribution in [-0.2, 0) is 14.3 Å². The average Bonchev–Trinajstić information content (AvgIpc) is 2.32. The molecule has 0 bridgehead atoms. The highest BCUT2D eigenvalue weighted by molar-refractivity contribution is 5.76. The Morgan fingerprint density at radius 3 is 2.25 bits per heavy atom. The van der Waals surface area contributed by atoms with Gasteiger partial charge in [0.15, 0.2) is 0 Å². The molecule has 0 fully saturated rings. The Balaban J connectivity index is 4.06. The van der Waals surface area contributed by atoms with Gasteiger partial charge in [0.25, 0.3) is 0 Å². The third-order valence-electron chi connectivity index (χ3n) is 2.56. The second-order valence-corrected chi connectivity index (χ2v) is 5.76. The minimum absolute atomic E-state index is 0.0522. The molecule has 0 aromatic rings. The Labute approximate surface area is 119 Å². The second-order valence-electron chi connectivity index (χ2n) is 5.76. The number of methoxy groups -OCH3 is 1. The summed E-state index contributed by atoms with van der Waals surface area (Å²) in [4.78, 5) is 33.4. The highest BCUT2D eigenvalue weighted by atomic mass is 16.5. The summed E-state index contributed by atoms with van der Waals surface area (Å²) < 4.78 is 4.43. The van der Waals surface area contributed by atoms with Crippen LogP contribution in [0.1, 0.15) is 33.6 Å². The molecular weight excluding hydrogens is 264 g/mol. The van der Waals surface area contributed by atoms with E-state index in [0.717, 1.165) is 0 Å². The molecule has 7 heteroatoms. The topological polar surface area (TPSA) is 105 Å². The lowest BCUT2D eigenvalue weighted by Gasteiger charge is -2.23. The number of amides is 2. The van der Waals surface area contributed by atoms with Crippen molar-refractivity contribution in [1.82, 2.24) is 10.6 Å². The molecule has 0 spiro atoms. The summed E-state index contributed by atoms with van der Waals surface area (Å²) in [5.41, 5.74) is -0.133. The molecule has 20 heavy (non-hydrogen) atoms. The Morgan fingerprint density at radius 2 is 1.80 bits per heavy atom. The van der Waals surface area contributed by atoms with E-state index in [9.17, 15) is 14.4 Å². The standard InChI is InChI=1S/C13H24N2O5/c1-13(2,3)7-9(11(17)18)8-15-12(19)14-6-5-10(16)20-4/h9H,5-8H2,1-4H3,(H,17,18)(H2,14,15,19). The smallest absolute Gasteiger partial charge is 0.314 e. The first-order valence-electron chi connectivity index (χ1n) is 6.47. The number of carbonyl (C=O) groups is 3. The molecule has 7 nitrogen and oxygen atoms in total. The van der Waals surface area contributed by atoms with E-state index in [0.29, 0.717) is 6.42 Å². The number of carboxylic acid groups (broad SMARTS) is 1. The van der Waals surface area contributed by atoms with Crippen LogP contribution in [0, 0.1) is 11.3 Å². The fourth-order valence-electron chi connectivity index (χ4n) is 1.64. The Hall–Kier alpha value is -1.79. The van der Waals surface area contributed by atoms with E-state index in [1.165, 1.54) is 7.11 Å². The van der Waals surface area contributed by atoms with Gasteiger partial charge in [0.05, 0.1) is 19.4 Å². The van der Waals surface area contributed by atoms with E-state index < -0.39 is 23.9 Å². The number of aliphatic carboxylic acids is 1. The van der Waals surface area contributed by atoms with Gasteiger partial charge in [-0.2, -0.15) is 0 Å². The van der Waals surface area contributed by atoms with Crippen LogP contribution in [-0.4, -0.2) is 43.3 Å². The van der Waals surface area contributed by atoms with Crippen molar-refractivity contribution in [1.29, 1.82) is 0 Å². The summed E-state index contributed by atoms with van der Waals surface area (Å²) in [5, 5.41) is 14.1. The van der Waals surface area contributed by atoms with Crippen molar-refractivity contribution in [3.05, 3.63) is 0 Å². The molecule has 0 aliphatic carbocycles. The number of carbonyl (C=O) groups excluding carboxylic acids is 2. The largest absolute Gasteiger partial charge is 0.481 e. The van der Waals surface area contributed by atoms with E-state index in [1.54, 1.807) is 0 Å². The Bertz CT molecular complexity index is 349. The summed E-state index contributed by atoms with van der Waals surface area (Å²) in [6.45, 7) is 6.03. The van der Waals surface area contributed by atoms with Gasteiger partial charge in [0.1, 0.15) is 0 Å². The van der Waals surface area contributed by atoms with Gasteiger partial charge in [-0.05, 0) is 11.8 Å². The quantitative estimate of drug-likeness (QED) is 0.606. The summed E-state index contributed by atoms with van der Waals surface area (Å²) in [6.07, 6.45) is 0.541. The predicted molar refractivity (Wildman–Crippen MR) is 73.2 cm³/mol. The lowest BCUT2D eigenvalue weighted by Crippen LogP contribution is -2.41. The fourth-order valence-corrected chi connectivity index (χ4v) is 1.64. The van der Waals surface area contributed by atoms with E-state index in [-0.39, 0.29) is 24.9 Å². The molecule has 0 saturated heterocycles. The fraction of sp³-hybridized carbons (Fsp3) is 0.769. The van der Waals surface area contributed by atoms with Crippen molar-refractivity contribution < 1.29 is 24.2 Å². The maximum absolute atomic E-state index is 11.4. The van der Waals surface area contributed by atoms with Gasteiger partial charge in [0.2, 0.25) is 0 Å². The van der Waals surface area contributed by atoms with E-state index in [1.807, 2.05) is 20.8 Å². The van der Waals surface area contributed by atoms with Crippen molar-refractivity contribution in [3.8, 4) is 0 Å². The molecule has 1 unspecified atom stereocenters. The average molecular weight is 288 g/mol. The Kier molecular flexibility index (Phi) is 7.64. The number of hydrogen-bond acceptors (Lipinski definition) is 4. The van der Waals surface area contributed by atoms with E-state index >= 15 is 0 Å². The monoisotopic (exact) mass is 288 g/mol. The van der Waals surface area contributed by atoms with Crippen molar-refractivity contribution in [3.63, 3.8) is 0 Å². The van der Waals surface area contributed by atoms with Crippen LogP contribution in [0.5, 0.6) is 0 Å². The zero-order valence-electron chi connectivity index (χ0n) is 12.5. The Morgan fingerprint density at radius 1 is 1.20 bits per heavy atom. The number of urea groups is 1. The first-order chi connectivity index (χ1) is 9.15. The molecule has 0 saturated carbocycles. The number of carboxylic acids is 1. The van der Waals surface area contributed by atoms with Crippen molar-refractivity contribution in [2.24, 2.45) is 11.3 Å². The van der Waals surface area contributed by atoms with E-state index in [2.05, 4.69) is 15.4 Å². The zero-order chi connectivity index (χ0) is 15.8. The summed E-state index contributed by atoms with van der Waals surface area (Å²) in [7, 11) is 1.27. The third kappa shape index (κ3) is 9.18. The SMILES string of the molecule is COC(=O)CCNC(=O)NCC(CC(C)(C)C)C(=O)O. The number of hydrogen-bond donors (Lipinski definition) is 3. The second kappa shape index (κ2) is 8.39. The van der Waals surface area contributed by atoms with Crippen LogP contribution in [0.4, 0.5) is 4.79 Å². The maximum atomic E-state index is 11.4. The highest BCUT2D eigenvalue weighted by Crippen LogP contribution is 2.24. The van der Waals surface area contributed by atoms with Crippen LogP contribution in [0.25, 0.3) is 0 Å². The molecule has 0 aliphatic rings. The summed E-state index contributed by atoms with van der Waals surface area (Å²) in [5.74, 6) is -1.99. The number of ether oxygens (including phenoxy) is 1. The first-order valence-corrected chi connectivity index (χ1v) is 6.47. The predicted octanol–water partition coefficient (Wildman–Crippen LogP) is 0.986. The summed E-state index contributed by atoms with van der Waals surface area (Å²) >= 11 is 0. The normalized spacial score (nSPS) is 12.4. The van der Waals surface area contributed by atoms with Crippen molar-refractivity contribution >= 4 is 18.0 Å². The minimum atomic E-state index is -0.935. The first kappa shape index (κ1) is 18.2. The molecule has 0 aromatic heterocycles. The third-order valence-corrected chi connectivity index (χ3v) is 2.56. The molecule has 2 amide bonds. The molecule has 0 radical (unpaired) electrons. The van der Waals surface area contributed by atoms with Gasteiger partial charge in [-0.3, -0.25) is 9.59 Å². The van der Waals surface area contributed by atoms with Crippen LogP contribution in [0.15, 0.2) is 0 Å². The molecule has 0 aromatic carbocycles. The highest BCUT2D eigenvalue weighted by Gasteiger charge is 2.24. The van der Waals surface area contributed by atoms with Crippen LogP contribution in [0.2, 0.25) is 0 Å². The molecule has 3 N–H and O–H groups in total. The number of nitrogens with one attached hydrogen (secondary N) is 2. The molecule has 116 valence electrons. The van der Waals surface area contributed by atoms with Gasteiger partial charge in [0, 0.05) is 13.1 Å². The lowest BCUT2D eigenvalue weighted by molar-refractivity contribution is -0.142. The van der Waals surface area contributed by atoms with Crippen LogP contribution in [0.3, 0.4) is 0 Å². The lowest BCUT2D eigenvalue weighted by atomic mass is 9.84.